The van der Waals surface area contributed by atoms with Crippen LogP contribution in [0.5, 0.6) is 0 Å². The Labute approximate surface area is 133 Å². The lowest BCUT2D eigenvalue weighted by Crippen LogP contribution is -2.35. The number of nitrogens with two attached hydrogens (primary N) is 1. The lowest BCUT2D eigenvalue weighted by Gasteiger charge is -2.23. The van der Waals surface area contributed by atoms with Crippen LogP contribution in [0.15, 0.2) is 21.5 Å². The van der Waals surface area contributed by atoms with E-state index < -0.39 is 15.8 Å². The van der Waals surface area contributed by atoms with Gasteiger partial charge >= 0.3 is 0 Å². The third-order valence-electron chi connectivity index (χ3n) is 3.52. The molecule has 1 aliphatic carbocycles. The van der Waals surface area contributed by atoms with Gasteiger partial charge in [0.15, 0.2) is 0 Å². The number of hydrogen-bond acceptors (Lipinski definition) is 3. The molecule has 1 aromatic carbocycles. The SMILES string of the molecule is CC(C)CCN(C1CC1)S(=O)(=O)c1cc(Br)c(F)cc1N. The summed E-state index contributed by atoms with van der Waals surface area (Å²) in [5.41, 5.74) is 5.67. The number of sulfonamides is 1. The van der Waals surface area contributed by atoms with Crippen LogP contribution in [0.2, 0.25) is 0 Å². The standard InChI is InChI=1S/C14H20BrFN2O2S/c1-9(2)5-6-18(10-3-4-10)21(19,20)14-7-11(15)12(16)8-13(14)17/h7-10H,3-6,17H2,1-2H3. The van der Waals surface area contributed by atoms with Crippen LogP contribution in [0.1, 0.15) is 33.1 Å². The smallest absolute Gasteiger partial charge is 0.245 e. The third kappa shape index (κ3) is 3.76. The number of nitrogen functional groups attached to an aromatic ring is 1. The highest BCUT2D eigenvalue weighted by Gasteiger charge is 2.38. The molecule has 118 valence electrons. The van der Waals surface area contributed by atoms with Crippen molar-refractivity contribution < 1.29 is 12.8 Å². The fourth-order valence-corrected chi connectivity index (χ4v) is 4.46. The first-order valence-electron chi connectivity index (χ1n) is 7.00. The molecule has 1 saturated carbocycles. The zero-order valence-corrected chi connectivity index (χ0v) is 14.5. The minimum absolute atomic E-state index is 0.0218. The normalized spacial score (nSPS) is 15.9. The molecule has 0 heterocycles. The van der Waals surface area contributed by atoms with E-state index in [-0.39, 0.29) is 21.1 Å². The van der Waals surface area contributed by atoms with Crippen LogP contribution in [-0.4, -0.2) is 25.3 Å². The van der Waals surface area contributed by atoms with Gasteiger partial charge < -0.3 is 5.73 Å². The van der Waals surface area contributed by atoms with Crippen molar-refractivity contribution in [2.24, 2.45) is 5.92 Å². The van der Waals surface area contributed by atoms with Crippen LogP contribution in [0.4, 0.5) is 10.1 Å². The highest BCUT2D eigenvalue weighted by atomic mass is 79.9. The molecule has 0 amide bonds. The Morgan fingerprint density at radius 2 is 2.05 bits per heavy atom. The minimum atomic E-state index is -3.69. The van der Waals surface area contributed by atoms with Crippen molar-refractivity contribution in [2.45, 2.75) is 44.0 Å². The Kier molecular flexibility index (Phi) is 4.95. The van der Waals surface area contributed by atoms with Crippen molar-refractivity contribution in [3.8, 4) is 0 Å². The van der Waals surface area contributed by atoms with Crippen molar-refractivity contribution >= 4 is 31.6 Å². The number of nitrogens with zero attached hydrogens (tertiary/aromatic N) is 1. The van der Waals surface area contributed by atoms with E-state index in [0.717, 1.165) is 25.3 Å². The van der Waals surface area contributed by atoms with Crippen molar-refractivity contribution in [3.63, 3.8) is 0 Å². The first-order valence-corrected chi connectivity index (χ1v) is 9.23. The molecule has 0 spiro atoms. The van der Waals surface area contributed by atoms with Gasteiger partial charge in [0.05, 0.1) is 10.2 Å². The molecule has 0 aliphatic heterocycles. The summed E-state index contributed by atoms with van der Waals surface area (Å²) in [7, 11) is -3.69. The Morgan fingerprint density at radius 3 is 2.57 bits per heavy atom. The Balaban J connectivity index is 2.36. The van der Waals surface area contributed by atoms with Crippen molar-refractivity contribution in [1.82, 2.24) is 4.31 Å². The molecule has 2 rings (SSSR count). The number of anilines is 1. The van der Waals surface area contributed by atoms with Crippen LogP contribution in [-0.2, 0) is 10.0 Å². The summed E-state index contributed by atoms with van der Waals surface area (Å²) in [5.74, 6) is -0.148. The molecule has 1 aliphatic rings. The summed E-state index contributed by atoms with van der Waals surface area (Å²) in [5, 5.41) is 0. The summed E-state index contributed by atoms with van der Waals surface area (Å²) in [6, 6.07) is 2.35. The average molecular weight is 379 g/mol. The molecule has 0 saturated heterocycles. The zero-order chi connectivity index (χ0) is 15.8. The molecule has 0 unspecified atom stereocenters. The van der Waals surface area contributed by atoms with Crippen LogP contribution >= 0.6 is 15.9 Å². The second-order valence-electron chi connectivity index (χ2n) is 5.83. The molecule has 7 heteroatoms. The first-order chi connectivity index (χ1) is 9.73. The number of benzene rings is 1. The summed E-state index contributed by atoms with van der Waals surface area (Å²) in [4.78, 5) is -0.0218. The highest BCUT2D eigenvalue weighted by molar-refractivity contribution is 9.10. The summed E-state index contributed by atoms with van der Waals surface area (Å²) >= 11 is 3.02. The maximum absolute atomic E-state index is 13.4. The lowest BCUT2D eigenvalue weighted by molar-refractivity contribution is 0.373. The van der Waals surface area contributed by atoms with Gasteiger partial charge in [-0.25, -0.2) is 12.8 Å². The maximum Gasteiger partial charge on any atom is 0.245 e. The lowest BCUT2D eigenvalue weighted by atomic mass is 10.1. The number of rotatable bonds is 6. The van der Waals surface area contributed by atoms with Crippen molar-refractivity contribution in [3.05, 3.63) is 22.4 Å². The fraction of sp³-hybridized carbons (Fsp3) is 0.571. The van der Waals surface area contributed by atoms with Gasteiger partial charge in [-0.2, -0.15) is 4.31 Å². The van der Waals surface area contributed by atoms with Crippen molar-refractivity contribution in [2.75, 3.05) is 12.3 Å². The molecule has 21 heavy (non-hydrogen) atoms. The van der Waals surface area contributed by atoms with Gasteiger partial charge in [-0.3, -0.25) is 0 Å². The molecule has 0 atom stereocenters. The molecule has 1 aromatic rings. The first kappa shape index (κ1) is 16.7. The zero-order valence-electron chi connectivity index (χ0n) is 12.1. The van der Waals surface area contributed by atoms with Crippen molar-refractivity contribution in [1.29, 1.82) is 0 Å². The van der Waals surface area contributed by atoms with Crippen LogP contribution in [0.3, 0.4) is 0 Å². The van der Waals surface area contributed by atoms with E-state index in [9.17, 15) is 12.8 Å². The Morgan fingerprint density at radius 1 is 1.43 bits per heavy atom. The highest BCUT2D eigenvalue weighted by Crippen LogP contribution is 2.35. The molecular formula is C14H20BrFN2O2S. The summed E-state index contributed by atoms with van der Waals surface area (Å²) in [6.07, 6.45) is 2.54. The van der Waals surface area contributed by atoms with Gasteiger partial charge in [-0.15, -0.1) is 0 Å². The fourth-order valence-electron chi connectivity index (χ4n) is 2.14. The Hall–Kier alpha value is -0.660. The van der Waals surface area contributed by atoms with Gasteiger partial charge in [-0.05, 0) is 53.2 Å². The second-order valence-corrected chi connectivity index (χ2v) is 8.55. The Bertz CT molecular complexity index is 630. The van der Waals surface area contributed by atoms with Gasteiger partial charge in [0, 0.05) is 12.6 Å². The van der Waals surface area contributed by atoms with E-state index in [0.29, 0.717) is 12.5 Å². The van der Waals surface area contributed by atoms with Gasteiger partial charge in [0.1, 0.15) is 10.7 Å². The molecule has 0 aromatic heterocycles. The maximum atomic E-state index is 13.4. The molecule has 4 nitrogen and oxygen atoms in total. The third-order valence-corrected chi connectivity index (χ3v) is 6.14. The quantitative estimate of drug-likeness (QED) is 0.771. The van der Waals surface area contributed by atoms with Crippen LogP contribution in [0.25, 0.3) is 0 Å². The van der Waals surface area contributed by atoms with Crippen LogP contribution < -0.4 is 5.73 Å². The second kappa shape index (κ2) is 6.22. The van der Waals surface area contributed by atoms with Crippen LogP contribution in [0, 0.1) is 11.7 Å². The van der Waals surface area contributed by atoms with Gasteiger partial charge in [-0.1, -0.05) is 13.8 Å². The molecule has 0 bridgehead atoms. The number of hydrogen-bond donors (Lipinski definition) is 1. The number of halogens is 2. The predicted octanol–water partition coefficient (Wildman–Crippen LogP) is 3.37. The van der Waals surface area contributed by atoms with E-state index in [1.54, 1.807) is 0 Å². The van der Waals surface area contributed by atoms with E-state index in [2.05, 4.69) is 29.8 Å². The summed E-state index contributed by atoms with van der Waals surface area (Å²) in [6.45, 7) is 4.58. The monoisotopic (exact) mass is 378 g/mol. The average Bonchev–Trinajstić information content (AvgIpc) is 3.17. The van der Waals surface area contributed by atoms with E-state index in [1.165, 1.54) is 10.4 Å². The molecular weight excluding hydrogens is 359 g/mol. The van der Waals surface area contributed by atoms with E-state index >= 15 is 0 Å². The van der Waals surface area contributed by atoms with E-state index in [1.807, 2.05) is 0 Å². The van der Waals surface area contributed by atoms with Gasteiger partial charge in [0.2, 0.25) is 10.0 Å². The molecule has 0 radical (unpaired) electrons. The minimum Gasteiger partial charge on any atom is -0.398 e. The molecule has 2 N–H and O–H groups in total. The van der Waals surface area contributed by atoms with E-state index in [4.69, 9.17) is 5.73 Å². The summed E-state index contributed by atoms with van der Waals surface area (Å²) < 4.78 is 40.7. The molecule has 1 fully saturated rings. The predicted molar refractivity (Wildman–Crippen MR) is 84.9 cm³/mol. The van der Waals surface area contributed by atoms with Gasteiger partial charge in [0.25, 0.3) is 0 Å². The largest absolute Gasteiger partial charge is 0.398 e. The topological polar surface area (TPSA) is 63.4 Å².